The molecular formula is C16H33N3O. The molecule has 0 spiro atoms. The van der Waals surface area contributed by atoms with Gasteiger partial charge in [-0.05, 0) is 78.0 Å². The van der Waals surface area contributed by atoms with E-state index in [9.17, 15) is 4.79 Å². The number of rotatable bonds is 8. The Morgan fingerprint density at radius 3 is 2.20 bits per heavy atom. The van der Waals surface area contributed by atoms with E-state index in [4.69, 9.17) is 5.73 Å². The third kappa shape index (κ3) is 6.23. The molecule has 1 saturated carbocycles. The number of nitrogens with two attached hydrogens (primary N) is 1. The van der Waals surface area contributed by atoms with Gasteiger partial charge in [-0.1, -0.05) is 0 Å². The van der Waals surface area contributed by atoms with Crippen LogP contribution in [0.25, 0.3) is 0 Å². The Morgan fingerprint density at radius 1 is 1.10 bits per heavy atom. The summed E-state index contributed by atoms with van der Waals surface area (Å²) >= 11 is 0. The largest absolute Gasteiger partial charge is 0.343 e. The summed E-state index contributed by atoms with van der Waals surface area (Å²) in [5, 5.41) is 0. The van der Waals surface area contributed by atoms with Crippen molar-refractivity contribution < 1.29 is 4.79 Å². The van der Waals surface area contributed by atoms with Crippen LogP contribution in [0.2, 0.25) is 0 Å². The van der Waals surface area contributed by atoms with Crippen LogP contribution in [0.15, 0.2) is 0 Å². The van der Waals surface area contributed by atoms with E-state index in [1.165, 1.54) is 25.7 Å². The van der Waals surface area contributed by atoms with Crippen LogP contribution in [0.5, 0.6) is 0 Å². The number of carbonyl (C=O) groups is 1. The van der Waals surface area contributed by atoms with E-state index in [0.717, 1.165) is 39.0 Å². The van der Waals surface area contributed by atoms with Crippen molar-refractivity contribution in [2.24, 2.45) is 17.6 Å². The average molecular weight is 283 g/mol. The van der Waals surface area contributed by atoms with E-state index in [1.54, 1.807) is 0 Å². The molecule has 0 heterocycles. The zero-order valence-electron chi connectivity index (χ0n) is 13.6. The van der Waals surface area contributed by atoms with Gasteiger partial charge in [-0.2, -0.15) is 0 Å². The lowest BCUT2D eigenvalue weighted by Gasteiger charge is -2.29. The third-order valence-corrected chi connectivity index (χ3v) is 4.53. The molecule has 4 nitrogen and oxygen atoms in total. The van der Waals surface area contributed by atoms with Crippen LogP contribution in [0, 0.1) is 11.8 Å². The highest BCUT2D eigenvalue weighted by Crippen LogP contribution is 2.30. The van der Waals surface area contributed by atoms with Gasteiger partial charge in [0.15, 0.2) is 0 Å². The normalized spacial score (nSPS) is 23.1. The molecule has 20 heavy (non-hydrogen) atoms. The van der Waals surface area contributed by atoms with Crippen molar-refractivity contribution >= 4 is 5.91 Å². The first-order valence-corrected chi connectivity index (χ1v) is 8.19. The molecule has 0 aromatic heterocycles. The first-order valence-electron chi connectivity index (χ1n) is 8.19. The third-order valence-electron chi connectivity index (χ3n) is 4.53. The topological polar surface area (TPSA) is 49.6 Å². The van der Waals surface area contributed by atoms with Gasteiger partial charge in [0.25, 0.3) is 0 Å². The molecule has 1 aliphatic rings. The molecule has 1 fully saturated rings. The number of hydrogen-bond acceptors (Lipinski definition) is 3. The number of hydrogen-bond donors (Lipinski definition) is 1. The summed E-state index contributed by atoms with van der Waals surface area (Å²) in [6, 6.07) is 0. The molecule has 0 aromatic rings. The molecule has 0 unspecified atom stereocenters. The van der Waals surface area contributed by atoms with E-state index >= 15 is 0 Å². The number of carbonyl (C=O) groups excluding carboxylic acids is 1. The second-order valence-corrected chi connectivity index (χ2v) is 6.46. The molecule has 0 radical (unpaired) electrons. The van der Waals surface area contributed by atoms with Crippen LogP contribution in [0.1, 0.15) is 45.4 Å². The lowest BCUT2D eigenvalue weighted by molar-refractivity contribution is -0.132. The van der Waals surface area contributed by atoms with Gasteiger partial charge in [-0.3, -0.25) is 4.79 Å². The zero-order valence-corrected chi connectivity index (χ0v) is 13.6. The zero-order chi connectivity index (χ0) is 15.0. The van der Waals surface area contributed by atoms with Crippen molar-refractivity contribution in [1.82, 2.24) is 9.80 Å². The molecule has 1 aliphatic carbocycles. The Kier molecular flexibility index (Phi) is 8.15. The van der Waals surface area contributed by atoms with Gasteiger partial charge in [-0.25, -0.2) is 0 Å². The fraction of sp³-hybridized carbons (Fsp3) is 0.938. The van der Waals surface area contributed by atoms with Crippen molar-refractivity contribution in [1.29, 1.82) is 0 Å². The summed E-state index contributed by atoms with van der Waals surface area (Å²) < 4.78 is 0. The second kappa shape index (κ2) is 9.35. The van der Waals surface area contributed by atoms with Gasteiger partial charge < -0.3 is 15.5 Å². The SMILES string of the molecule is CCN(CCCN(C)C)C(=O)CC1CCC(CN)CC1. The van der Waals surface area contributed by atoms with Gasteiger partial charge in [0, 0.05) is 19.5 Å². The minimum atomic E-state index is 0.349. The molecule has 0 atom stereocenters. The molecule has 0 saturated heterocycles. The number of amides is 1. The smallest absolute Gasteiger partial charge is 0.222 e. The van der Waals surface area contributed by atoms with Crippen molar-refractivity contribution in [3.05, 3.63) is 0 Å². The second-order valence-electron chi connectivity index (χ2n) is 6.46. The van der Waals surface area contributed by atoms with E-state index < -0.39 is 0 Å². The summed E-state index contributed by atoms with van der Waals surface area (Å²) in [5.74, 6) is 1.64. The summed E-state index contributed by atoms with van der Waals surface area (Å²) in [6.45, 7) is 5.67. The number of nitrogens with zero attached hydrogens (tertiary/aromatic N) is 2. The summed E-state index contributed by atoms with van der Waals surface area (Å²) in [6.07, 6.45) is 6.59. The quantitative estimate of drug-likeness (QED) is 0.740. The molecule has 2 N–H and O–H groups in total. The van der Waals surface area contributed by atoms with Crippen LogP contribution in [-0.4, -0.2) is 56.0 Å². The van der Waals surface area contributed by atoms with Crippen molar-refractivity contribution in [2.45, 2.75) is 45.4 Å². The van der Waals surface area contributed by atoms with Crippen molar-refractivity contribution in [3.63, 3.8) is 0 Å². The predicted molar refractivity (Wildman–Crippen MR) is 84.5 cm³/mol. The molecule has 0 bridgehead atoms. The molecule has 4 heteroatoms. The minimum Gasteiger partial charge on any atom is -0.343 e. The van der Waals surface area contributed by atoms with E-state index in [2.05, 4.69) is 25.9 Å². The maximum absolute atomic E-state index is 12.4. The molecule has 1 amide bonds. The van der Waals surface area contributed by atoms with Gasteiger partial charge in [0.1, 0.15) is 0 Å². The van der Waals surface area contributed by atoms with Crippen LogP contribution in [-0.2, 0) is 4.79 Å². The standard InChI is InChI=1S/C16H33N3O/c1-4-19(11-5-10-18(2)3)16(20)12-14-6-8-15(13-17)9-7-14/h14-15H,4-13,17H2,1-3H3. The fourth-order valence-electron chi connectivity index (χ4n) is 3.08. The van der Waals surface area contributed by atoms with E-state index in [-0.39, 0.29) is 0 Å². The highest BCUT2D eigenvalue weighted by molar-refractivity contribution is 5.76. The van der Waals surface area contributed by atoms with E-state index in [0.29, 0.717) is 17.7 Å². The first kappa shape index (κ1) is 17.4. The first-order chi connectivity index (χ1) is 9.56. The Morgan fingerprint density at radius 2 is 1.70 bits per heavy atom. The Bertz CT molecular complexity index is 273. The summed E-state index contributed by atoms with van der Waals surface area (Å²) in [7, 11) is 4.15. The monoisotopic (exact) mass is 283 g/mol. The Hall–Kier alpha value is -0.610. The van der Waals surface area contributed by atoms with Gasteiger partial charge in [0.05, 0.1) is 0 Å². The highest BCUT2D eigenvalue weighted by atomic mass is 16.2. The maximum Gasteiger partial charge on any atom is 0.222 e. The minimum absolute atomic E-state index is 0.349. The van der Waals surface area contributed by atoms with Crippen LogP contribution >= 0.6 is 0 Å². The summed E-state index contributed by atoms with van der Waals surface area (Å²) in [4.78, 5) is 16.6. The Labute approximate surface area is 124 Å². The predicted octanol–water partition coefficient (Wildman–Crippen LogP) is 1.94. The van der Waals surface area contributed by atoms with Crippen molar-refractivity contribution in [2.75, 3.05) is 40.3 Å². The molecule has 0 aromatic carbocycles. The van der Waals surface area contributed by atoms with Crippen LogP contribution in [0.4, 0.5) is 0 Å². The fourth-order valence-corrected chi connectivity index (χ4v) is 3.08. The maximum atomic E-state index is 12.4. The average Bonchev–Trinajstić information content (AvgIpc) is 2.44. The van der Waals surface area contributed by atoms with Gasteiger partial charge in [-0.15, -0.1) is 0 Å². The van der Waals surface area contributed by atoms with Crippen LogP contribution < -0.4 is 5.73 Å². The molecule has 118 valence electrons. The van der Waals surface area contributed by atoms with Gasteiger partial charge in [0.2, 0.25) is 5.91 Å². The van der Waals surface area contributed by atoms with Crippen molar-refractivity contribution in [3.8, 4) is 0 Å². The highest BCUT2D eigenvalue weighted by Gasteiger charge is 2.23. The Balaban J connectivity index is 2.28. The van der Waals surface area contributed by atoms with E-state index in [1.807, 2.05) is 4.90 Å². The van der Waals surface area contributed by atoms with Crippen LogP contribution in [0.3, 0.4) is 0 Å². The lowest BCUT2D eigenvalue weighted by Crippen LogP contribution is -2.35. The summed E-state index contributed by atoms with van der Waals surface area (Å²) in [5.41, 5.74) is 5.72. The molecule has 0 aliphatic heterocycles. The molecular weight excluding hydrogens is 250 g/mol. The van der Waals surface area contributed by atoms with Gasteiger partial charge >= 0.3 is 0 Å². The molecule has 1 rings (SSSR count). The lowest BCUT2D eigenvalue weighted by atomic mass is 9.80.